The van der Waals surface area contributed by atoms with Crippen molar-refractivity contribution < 1.29 is 18.0 Å². The van der Waals surface area contributed by atoms with Crippen molar-refractivity contribution in [3.63, 3.8) is 0 Å². The number of carbonyl (C=O) groups is 1. The van der Waals surface area contributed by atoms with E-state index in [1.54, 1.807) is 0 Å². The Bertz CT molecular complexity index is 547. The molecule has 1 aliphatic carbocycles. The van der Waals surface area contributed by atoms with E-state index in [1.807, 2.05) is 0 Å². The first-order valence-electron chi connectivity index (χ1n) is 7.90. The lowest BCUT2D eigenvalue weighted by molar-refractivity contribution is -0.137. The minimum atomic E-state index is -4.36. The molecule has 2 N–H and O–H groups in total. The van der Waals surface area contributed by atoms with Gasteiger partial charge in [-0.2, -0.15) is 13.2 Å². The Morgan fingerprint density at radius 3 is 2.17 bits per heavy atom. The van der Waals surface area contributed by atoms with Gasteiger partial charge in [0.25, 0.3) is 0 Å². The summed E-state index contributed by atoms with van der Waals surface area (Å²) < 4.78 is 37.4. The zero-order valence-electron chi connectivity index (χ0n) is 12.7. The fourth-order valence-electron chi connectivity index (χ4n) is 2.94. The third-order valence-corrected chi connectivity index (χ3v) is 4.40. The van der Waals surface area contributed by atoms with Crippen molar-refractivity contribution in [2.75, 3.05) is 18.4 Å². The Kier molecular flexibility index (Phi) is 4.48. The number of halogens is 3. The van der Waals surface area contributed by atoms with Gasteiger partial charge in [0.1, 0.15) is 0 Å². The molecule has 1 saturated heterocycles. The molecule has 2 amide bonds. The normalized spacial score (nSPS) is 20.3. The molecule has 1 aromatic rings. The van der Waals surface area contributed by atoms with Crippen molar-refractivity contribution in [2.24, 2.45) is 0 Å². The summed E-state index contributed by atoms with van der Waals surface area (Å²) in [6.45, 7) is 1.99. The Balaban J connectivity index is 1.45. The number of amides is 2. The van der Waals surface area contributed by atoms with Crippen LogP contribution in [0, 0.1) is 0 Å². The van der Waals surface area contributed by atoms with Crippen LogP contribution in [0.15, 0.2) is 24.3 Å². The predicted octanol–water partition coefficient (Wildman–Crippen LogP) is 3.45. The van der Waals surface area contributed by atoms with Crippen LogP contribution in [0.3, 0.4) is 0 Å². The Hall–Kier alpha value is -1.76. The van der Waals surface area contributed by atoms with E-state index in [-0.39, 0.29) is 12.1 Å². The molecule has 1 aromatic carbocycles. The van der Waals surface area contributed by atoms with Gasteiger partial charge >= 0.3 is 12.2 Å². The molecule has 3 rings (SSSR count). The molecule has 0 atom stereocenters. The summed E-state index contributed by atoms with van der Waals surface area (Å²) in [5, 5.41) is 5.48. The third kappa shape index (κ3) is 4.37. The number of piperidine rings is 1. The van der Waals surface area contributed by atoms with E-state index in [1.165, 1.54) is 25.0 Å². The summed E-state index contributed by atoms with van der Waals surface area (Å²) >= 11 is 0. The monoisotopic (exact) mass is 327 g/mol. The molecule has 4 nitrogen and oxygen atoms in total. The van der Waals surface area contributed by atoms with E-state index in [2.05, 4.69) is 15.5 Å². The Labute approximate surface area is 133 Å². The largest absolute Gasteiger partial charge is 0.416 e. The third-order valence-electron chi connectivity index (χ3n) is 4.40. The van der Waals surface area contributed by atoms with Crippen LogP contribution in [0.25, 0.3) is 0 Å². The van der Waals surface area contributed by atoms with E-state index in [4.69, 9.17) is 0 Å². The number of likely N-dealkylation sites (tertiary alicyclic amines) is 1. The lowest BCUT2D eigenvalue weighted by atomic mass is 10.1. The van der Waals surface area contributed by atoms with Crippen molar-refractivity contribution in [3.05, 3.63) is 29.8 Å². The average Bonchev–Trinajstić information content (AvgIpc) is 3.32. The molecule has 1 heterocycles. The molecule has 2 fully saturated rings. The minimum Gasteiger partial charge on any atom is -0.335 e. The summed E-state index contributed by atoms with van der Waals surface area (Å²) in [7, 11) is 0. The number of anilines is 1. The van der Waals surface area contributed by atoms with Crippen LogP contribution in [0.4, 0.5) is 23.7 Å². The maximum absolute atomic E-state index is 12.5. The predicted molar refractivity (Wildman–Crippen MR) is 81.2 cm³/mol. The number of rotatable bonds is 3. The molecular weight excluding hydrogens is 307 g/mol. The quantitative estimate of drug-likeness (QED) is 0.893. The molecule has 2 aliphatic rings. The van der Waals surface area contributed by atoms with Crippen molar-refractivity contribution >= 4 is 11.7 Å². The van der Waals surface area contributed by atoms with Gasteiger partial charge in [0.05, 0.1) is 5.56 Å². The number of hydrogen-bond donors (Lipinski definition) is 2. The van der Waals surface area contributed by atoms with Crippen LogP contribution in [0.5, 0.6) is 0 Å². The fraction of sp³-hybridized carbons (Fsp3) is 0.562. The van der Waals surface area contributed by atoms with Gasteiger partial charge < -0.3 is 15.5 Å². The number of hydrogen-bond acceptors (Lipinski definition) is 2. The van der Waals surface area contributed by atoms with Gasteiger partial charge in [-0.3, -0.25) is 0 Å². The van der Waals surface area contributed by atoms with Gasteiger partial charge in [-0.1, -0.05) is 0 Å². The number of nitrogens with one attached hydrogen (secondary N) is 2. The van der Waals surface area contributed by atoms with Gasteiger partial charge in [0, 0.05) is 30.9 Å². The molecule has 0 aromatic heterocycles. The maximum Gasteiger partial charge on any atom is 0.416 e. The van der Waals surface area contributed by atoms with Gasteiger partial charge in [-0.05, 0) is 49.9 Å². The first kappa shape index (κ1) is 16.1. The van der Waals surface area contributed by atoms with E-state index in [9.17, 15) is 18.0 Å². The molecule has 7 heteroatoms. The molecule has 0 spiro atoms. The summed E-state index contributed by atoms with van der Waals surface area (Å²) in [6.07, 6.45) is 0.0309. The zero-order chi connectivity index (χ0) is 16.4. The molecular formula is C16H20F3N3O. The second-order valence-electron chi connectivity index (χ2n) is 6.21. The number of alkyl halides is 3. The first-order valence-corrected chi connectivity index (χ1v) is 7.90. The van der Waals surface area contributed by atoms with E-state index >= 15 is 0 Å². The zero-order valence-corrected chi connectivity index (χ0v) is 12.7. The van der Waals surface area contributed by atoms with Gasteiger partial charge in [0.2, 0.25) is 0 Å². The minimum absolute atomic E-state index is 0.124. The number of benzene rings is 1. The second kappa shape index (κ2) is 6.39. The van der Waals surface area contributed by atoms with Crippen LogP contribution in [-0.2, 0) is 6.18 Å². The van der Waals surface area contributed by atoms with Crippen LogP contribution in [0.2, 0.25) is 0 Å². The number of urea groups is 1. The van der Waals surface area contributed by atoms with Crippen molar-refractivity contribution in [1.29, 1.82) is 0 Å². The van der Waals surface area contributed by atoms with Crippen molar-refractivity contribution in [1.82, 2.24) is 10.2 Å². The Morgan fingerprint density at radius 1 is 1.04 bits per heavy atom. The van der Waals surface area contributed by atoms with Crippen LogP contribution < -0.4 is 10.6 Å². The smallest absolute Gasteiger partial charge is 0.335 e. The molecule has 1 saturated carbocycles. The van der Waals surface area contributed by atoms with E-state index < -0.39 is 11.7 Å². The SMILES string of the molecule is O=C(Nc1ccc(C(F)(F)F)cc1)NC1CCN(C2CC2)CC1. The second-order valence-corrected chi connectivity index (χ2v) is 6.21. The van der Waals surface area contributed by atoms with Gasteiger partial charge in [-0.15, -0.1) is 0 Å². The lowest BCUT2D eigenvalue weighted by Crippen LogP contribution is -2.46. The molecule has 23 heavy (non-hydrogen) atoms. The molecule has 0 bridgehead atoms. The Morgan fingerprint density at radius 2 is 1.65 bits per heavy atom. The highest BCUT2D eigenvalue weighted by Crippen LogP contribution is 2.30. The highest BCUT2D eigenvalue weighted by Gasteiger charge is 2.32. The summed E-state index contributed by atoms with van der Waals surface area (Å²) in [6, 6.07) is 4.95. The highest BCUT2D eigenvalue weighted by molar-refractivity contribution is 5.89. The van der Waals surface area contributed by atoms with E-state index in [0.717, 1.165) is 44.1 Å². The first-order chi connectivity index (χ1) is 10.9. The molecule has 0 unspecified atom stereocenters. The number of nitrogens with zero attached hydrogens (tertiary/aromatic N) is 1. The van der Waals surface area contributed by atoms with Crippen molar-refractivity contribution in [3.8, 4) is 0 Å². The van der Waals surface area contributed by atoms with Crippen LogP contribution in [-0.4, -0.2) is 36.1 Å². The summed E-state index contributed by atoms with van der Waals surface area (Å²) in [4.78, 5) is 14.4. The highest BCUT2D eigenvalue weighted by atomic mass is 19.4. The van der Waals surface area contributed by atoms with Crippen molar-refractivity contribution in [2.45, 2.75) is 43.9 Å². The summed E-state index contributed by atoms with van der Waals surface area (Å²) in [5.41, 5.74) is -0.373. The molecule has 126 valence electrons. The topological polar surface area (TPSA) is 44.4 Å². The lowest BCUT2D eigenvalue weighted by Gasteiger charge is -2.32. The van der Waals surface area contributed by atoms with Gasteiger partial charge in [-0.25, -0.2) is 4.79 Å². The summed E-state index contributed by atoms with van der Waals surface area (Å²) in [5.74, 6) is 0. The number of carbonyl (C=O) groups excluding carboxylic acids is 1. The standard InChI is InChI=1S/C16H20F3N3O/c17-16(18,19)11-1-3-12(4-2-11)20-15(23)21-13-7-9-22(10-8-13)14-5-6-14/h1-4,13-14H,5-10H2,(H2,20,21,23). The van der Waals surface area contributed by atoms with Gasteiger partial charge in [0.15, 0.2) is 0 Å². The van der Waals surface area contributed by atoms with E-state index in [0.29, 0.717) is 5.69 Å². The van der Waals surface area contributed by atoms with Crippen LogP contribution in [0.1, 0.15) is 31.2 Å². The van der Waals surface area contributed by atoms with Crippen LogP contribution >= 0.6 is 0 Å². The molecule has 0 radical (unpaired) electrons. The average molecular weight is 327 g/mol. The fourth-order valence-corrected chi connectivity index (χ4v) is 2.94. The maximum atomic E-state index is 12.5. The molecule has 1 aliphatic heterocycles.